The molecule has 1 aromatic carbocycles. The largest absolute Gasteiger partial charge is 0.354 e. The smallest absolute Gasteiger partial charge is 0.237 e. The number of aryl methyl sites for hydroxylation is 1. The highest BCUT2D eigenvalue weighted by atomic mass is 16.2. The van der Waals surface area contributed by atoms with Crippen LogP contribution in [0.5, 0.6) is 0 Å². The molecule has 1 amide bonds. The first-order valence-corrected chi connectivity index (χ1v) is 7.76. The fourth-order valence-electron chi connectivity index (χ4n) is 2.90. The van der Waals surface area contributed by atoms with Gasteiger partial charge in [0.15, 0.2) is 0 Å². The van der Waals surface area contributed by atoms with Crippen molar-refractivity contribution in [1.29, 1.82) is 0 Å². The lowest BCUT2D eigenvalue weighted by Gasteiger charge is -2.28. The van der Waals surface area contributed by atoms with Crippen LogP contribution in [0.25, 0.3) is 0 Å². The van der Waals surface area contributed by atoms with E-state index in [-0.39, 0.29) is 11.9 Å². The van der Waals surface area contributed by atoms with Crippen molar-refractivity contribution in [3.05, 3.63) is 35.4 Å². The van der Waals surface area contributed by atoms with Gasteiger partial charge in [-0.05, 0) is 49.8 Å². The van der Waals surface area contributed by atoms with E-state index >= 15 is 0 Å². The fraction of sp³-hybridized carbons (Fsp3) is 0.588. The lowest BCUT2D eigenvalue weighted by Crippen LogP contribution is -2.49. The first-order valence-electron chi connectivity index (χ1n) is 7.76. The summed E-state index contributed by atoms with van der Waals surface area (Å²) in [7, 11) is 0. The van der Waals surface area contributed by atoms with Crippen molar-refractivity contribution in [3.63, 3.8) is 0 Å². The molecule has 1 saturated heterocycles. The number of carbonyl (C=O) groups excluding carboxylic acids is 1. The van der Waals surface area contributed by atoms with E-state index < -0.39 is 0 Å². The molecule has 110 valence electrons. The van der Waals surface area contributed by atoms with Gasteiger partial charge in [-0.25, -0.2) is 0 Å². The van der Waals surface area contributed by atoms with Crippen molar-refractivity contribution >= 4 is 5.91 Å². The van der Waals surface area contributed by atoms with Crippen LogP contribution in [-0.2, 0) is 11.2 Å². The highest BCUT2D eigenvalue weighted by molar-refractivity contribution is 5.81. The molecule has 0 aliphatic carbocycles. The molecule has 20 heavy (non-hydrogen) atoms. The summed E-state index contributed by atoms with van der Waals surface area (Å²) in [5.41, 5.74) is 2.61. The quantitative estimate of drug-likeness (QED) is 0.866. The predicted octanol–water partition coefficient (Wildman–Crippen LogP) is 2.43. The number of carbonyl (C=O) groups is 1. The number of amides is 1. The van der Waals surface area contributed by atoms with Gasteiger partial charge in [-0.1, -0.05) is 37.6 Å². The van der Waals surface area contributed by atoms with Crippen molar-refractivity contribution in [2.75, 3.05) is 13.1 Å². The Balaban J connectivity index is 1.76. The number of piperidine rings is 1. The summed E-state index contributed by atoms with van der Waals surface area (Å²) in [5.74, 6) is 0.861. The van der Waals surface area contributed by atoms with Crippen molar-refractivity contribution in [2.24, 2.45) is 5.92 Å². The third kappa shape index (κ3) is 4.07. The standard InChI is InChI=1S/C17H26N2O/c1-3-14-8-10-18-16(12-14)17(20)19-11-9-15-7-5-4-6-13(15)2/h4-7,14,16,18H,3,8-12H2,1-2H3,(H,19,20). The number of benzene rings is 1. The Morgan fingerprint density at radius 3 is 2.95 bits per heavy atom. The number of rotatable bonds is 5. The molecule has 1 aliphatic rings. The molecule has 0 spiro atoms. The van der Waals surface area contributed by atoms with Gasteiger partial charge in [0.25, 0.3) is 0 Å². The Morgan fingerprint density at radius 2 is 2.20 bits per heavy atom. The monoisotopic (exact) mass is 274 g/mol. The van der Waals surface area contributed by atoms with E-state index in [1.165, 1.54) is 24.0 Å². The third-order valence-corrected chi connectivity index (χ3v) is 4.36. The first kappa shape index (κ1) is 15.0. The van der Waals surface area contributed by atoms with Crippen molar-refractivity contribution in [2.45, 2.75) is 45.6 Å². The van der Waals surface area contributed by atoms with Crippen LogP contribution >= 0.6 is 0 Å². The van der Waals surface area contributed by atoms with E-state index in [1.54, 1.807) is 0 Å². The van der Waals surface area contributed by atoms with E-state index in [0.717, 1.165) is 25.9 Å². The van der Waals surface area contributed by atoms with Crippen LogP contribution in [0.1, 0.15) is 37.3 Å². The molecule has 0 bridgehead atoms. The third-order valence-electron chi connectivity index (χ3n) is 4.36. The Morgan fingerprint density at radius 1 is 1.40 bits per heavy atom. The Labute approximate surface area is 122 Å². The molecule has 1 fully saturated rings. The molecule has 1 heterocycles. The van der Waals surface area contributed by atoms with Crippen LogP contribution in [-0.4, -0.2) is 25.0 Å². The molecular formula is C17H26N2O. The molecule has 1 aliphatic heterocycles. The maximum atomic E-state index is 12.2. The summed E-state index contributed by atoms with van der Waals surface area (Å²) in [4.78, 5) is 12.2. The molecule has 3 heteroatoms. The molecule has 2 unspecified atom stereocenters. The summed E-state index contributed by atoms with van der Waals surface area (Å²) >= 11 is 0. The van der Waals surface area contributed by atoms with E-state index in [4.69, 9.17) is 0 Å². The van der Waals surface area contributed by atoms with Gasteiger partial charge in [-0.2, -0.15) is 0 Å². The normalized spacial score (nSPS) is 22.5. The van der Waals surface area contributed by atoms with Crippen LogP contribution in [0.15, 0.2) is 24.3 Å². The summed E-state index contributed by atoms with van der Waals surface area (Å²) in [5, 5.41) is 6.40. The maximum absolute atomic E-state index is 12.2. The lowest BCUT2D eigenvalue weighted by molar-refractivity contribution is -0.124. The maximum Gasteiger partial charge on any atom is 0.237 e. The van der Waals surface area contributed by atoms with Gasteiger partial charge in [0.2, 0.25) is 5.91 Å². The van der Waals surface area contributed by atoms with Crippen LogP contribution < -0.4 is 10.6 Å². The highest BCUT2D eigenvalue weighted by Crippen LogP contribution is 2.19. The van der Waals surface area contributed by atoms with Gasteiger partial charge in [0.1, 0.15) is 0 Å². The van der Waals surface area contributed by atoms with Gasteiger partial charge in [-0.3, -0.25) is 4.79 Å². The van der Waals surface area contributed by atoms with Gasteiger partial charge in [0.05, 0.1) is 6.04 Å². The second kappa shape index (κ2) is 7.44. The Bertz CT molecular complexity index is 444. The van der Waals surface area contributed by atoms with Crippen LogP contribution in [0, 0.1) is 12.8 Å². The fourth-order valence-corrected chi connectivity index (χ4v) is 2.90. The minimum Gasteiger partial charge on any atom is -0.354 e. The lowest BCUT2D eigenvalue weighted by atomic mass is 9.90. The molecule has 2 N–H and O–H groups in total. The van der Waals surface area contributed by atoms with Gasteiger partial charge >= 0.3 is 0 Å². The number of hydrogen-bond donors (Lipinski definition) is 2. The van der Waals surface area contributed by atoms with E-state index in [1.807, 2.05) is 6.07 Å². The zero-order valence-corrected chi connectivity index (χ0v) is 12.6. The Hall–Kier alpha value is -1.35. The Kier molecular flexibility index (Phi) is 5.60. The van der Waals surface area contributed by atoms with Crippen LogP contribution in [0.4, 0.5) is 0 Å². The van der Waals surface area contributed by atoms with Crippen molar-refractivity contribution in [3.8, 4) is 0 Å². The summed E-state index contributed by atoms with van der Waals surface area (Å²) in [6, 6.07) is 8.36. The SMILES string of the molecule is CCC1CCNC(C(=O)NCCc2ccccc2C)C1. The van der Waals surface area contributed by atoms with Crippen LogP contribution in [0.2, 0.25) is 0 Å². The van der Waals surface area contributed by atoms with E-state index in [9.17, 15) is 4.79 Å². The summed E-state index contributed by atoms with van der Waals surface area (Å²) < 4.78 is 0. The second-order valence-electron chi connectivity index (χ2n) is 5.77. The van der Waals surface area contributed by atoms with Crippen molar-refractivity contribution in [1.82, 2.24) is 10.6 Å². The molecule has 0 radical (unpaired) electrons. The van der Waals surface area contributed by atoms with Gasteiger partial charge < -0.3 is 10.6 Å². The van der Waals surface area contributed by atoms with Crippen molar-refractivity contribution < 1.29 is 4.79 Å². The predicted molar refractivity (Wildman–Crippen MR) is 82.7 cm³/mol. The molecule has 0 aromatic heterocycles. The number of hydrogen-bond acceptors (Lipinski definition) is 2. The molecule has 2 rings (SSSR count). The summed E-state index contributed by atoms with van der Waals surface area (Å²) in [6.45, 7) is 6.02. The van der Waals surface area contributed by atoms with E-state index in [0.29, 0.717) is 5.92 Å². The minimum absolute atomic E-state index is 0.00516. The topological polar surface area (TPSA) is 41.1 Å². The average Bonchev–Trinajstić information content (AvgIpc) is 2.49. The molecule has 0 saturated carbocycles. The molecule has 2 atom stereocenters. The summed E-state index contributed by atoms with van der Waals surface area (Å²) in [6.07, 6.45) is 4.26. The average molecular weight is 274 g/mol. The zero-order chi connectivity index (χ0) is 14.4. The molecule has 3 nitrogen and oxygen atoms in total. The molecule has 1 aromatic rings. The van der Waals surface area contributed by atoms with Gasteiger partial charge in [-0.15, -0.1) is 0 Å². The van der Waals surface area contributed by atoms with E-state index in [2.05, 4.69) is 42.7 Å². The second-order valence-corrected chi connectivity index (χ2v) is 5.77. The first-order chi connectivity index (χ1) is 9.70. The zero-order valence-electron chi connectivity index (χ0n) is 12.6. The van der Waals surface area contributed by atoms with Gasteiger partial charge in [0, 0.05) is 6.54 Å². The minimum atomic E-state index is 0.00516. The molecular weight excluding hydrogens is 248 g/mol. The highest BCUT2D eigenvalue weighted by Gasteiger charge is 2.25. The van der Waals surface area contributed by atoms with Crippen LogP contribution in [0.3, 0.4) is 0 Å². The number of nitrogens with one attached hydrogen (secondary N) is 2.